The maximum atomic E-state index is 13.1. The van der Waals surface area contributed by atoms with E-state index in [1.807, 2.05) is 0 Å². The summed E-state index contributed by atoms with van der Waals surface area (Å²) in [6.45, 7) is 0. The van der Waals surface area contributed by atoms with Gasteiger partial charge in [-0.25, -0.2) is 9.37 Å². The third kappa shape index (κ3) is 3.50. The fourth-order valence-corrected chi connectivity index (χ4v) is 1.74. The average molecular weight is 300 g/mol. The Kier molecular flexibility index (Phi) is 2.53. The number of carbonyl (C=O) groups excluding carboxylic acids is 1. The van der Waals surface area contributed by atoms with Crippen LogP contribution in [0.3, 0.4) is 0 Å². The van der Waals surface area contributed by atoms with Crippen LogP contribution in [0.1, 0.15) is 49.0 Å². The third-order valence-electron chi connectivity index (χ3n) is 2.89. The summed E-state index contributed by atoms with van der Waals surface area (Å²) in [4.78, 5) is 16.3. The van der Waals surface area contributed by atoms with E-state index < -0.39 is 36.9 Å². The predicted octanol–water partition coefficient (Wildman–Crippen LogP) is 2.90. The smallest absolute Gasteiger partial charge is 0.253 e. The zero-order valence-electron chi connectivity index (χ0n) is 17.4. The normalized spacial score (nSPS) is 24.6. The molecule has 110 valence electrons. The molecule has 0 atom stereocenters. The van der Waals surface area contributed by atoms with Crippen molar-refractivity contribution >= 4 is 5.91 Å². The van der Waals surface area contributed by atoms with Crippen molar-refractivity contribution in [3.8, 4) is 11.8 Å². The summed E-state index contributed by atoms with van der Waals surface area (Å²) in [6, 6.07) is 6.94. The van der Waals surface area contributed by atoms with E-state index >= 15 is 0 Å². The fourth-order valence-electron chi connectivity index (χ4n) is 1.74. The predicted molar refractivity (Wildman–Crippen MR) is 81.7 cm³/mol. The molecule has 1 aliphatic carbocycles. The Labute approximate surface area is 137 Å². The molecule has 1 aliphatic rings. The Morgan fingerprint density at radius 1 is 1.32 bits per heavy atom. The third-order valence-corrected chi connectivity index (χ3v) is 2.89. The zero-order chi connectivity index (χ0) is 20.7. The van der Waals surface area contributed by atoms with Crippen LogP contribution >= 0.6 is 0 Å². The number of rotatable bonds is 2. The van der Waals surface area contributed by atoms with Crippen molar-refractivity contribution in [2.75, 3.05) is 0 Å². The topological polar surface area (TPSA) is 42.0 Å². The summed E-state index contributed by atoms with van der Waals surface area (Å²) in [5.74, 6) is 4.28. The minimum absolute atomic E-state index is 0.0513. The van der Waals surface area contributed by atoms with Gasteiger partial charge < -0.3 is 5.32 Å². The zero-order valence-corrected chi connectivity index (χ0v) is 11.4. The number of halogens is 1. The number of hydrogen-bond acceptors (Lipinski definition) is 2. The highest BCUT2D eigenvalue weighted by Crippen LogP contribution is 2.18. The molecule has 0 aliphatic heterocycles. The Morgan fingerprint density at radius 2 is 2.18 bits per heavy atom. The van der Waals surface area contributed by atoms with Gasteiger partial charge in [-0.05, 0) is 55.4 Å². The van der Waals surface area contributed by atoms with Gasteiger partial charge in [-0.1, -0.05) is 12.0 Å². The molecule has 1 saturated carbocycles. The maximum absolute atomic E-state index is 13.1. The SMILES string of the molecule is [2H]C1([2H])C(NC(=O)c2ccc(C#Cc3cccc(F)c3)nc2)C([2H])([2H])C1([2H])[2H]. The number of amides is 1. The lowest BCUT2D eigenvalue weighted by Gasteiger charge is -2.26. The Hall–Kier alpha value is -2.67. The van der Waals surface area contributed by atoms with Gasteiger partial charge in [0.15, 0.2) is 0 Å². The molecule has 1 N–H and O–H groups in total. The molecule has 1 amide bonds. The molecule has 3 nitrogen and oxygen atoms in total. The number of aromatic nitrogens is 1. The van der Waals surface area contributed by atoms with Crippen molar-refractivity contribution in [3.63, 3.8) is 0 Å². The van der Waals surface area contributed by atoms with Gasteiger partial charge in [0, 0.05) is 26.0 Å². The molecule has 3 rings (SSSR count). The van der Waals surface area contributed by atoms with Crippen molar-refractivity contribution in [1.82, 2.24) is 10.3 Å². The molecule has 0 saturated heterocycles. The van der Waals surface area contributed by atoms with Crippen molar-refractivity contribution < 1.29 is 17.4 Å². The largest absolute Gasteiger partial charge is 0.349 e. The number of benzene rings is 1. The summed E-state index contributed by atoms with van der Waals surface area (Å²) in [7, 11) is 0. The number of pyridine rings is 1. The van der Waals surface area contributed by atoms with Gasteiger partial charge >= 0.3 is 0 Å². The van der Waals surface area contributed by atoms with E-state index in [0.717, 1.165) is 0 Å². The van der Waals surface area contributed by atoms with Crippen molar-refractivity contribution in [3.05, 3.63) is 65.2 Å². The lowest BCUT2D eigenvalue weighted by atomic mass is 9.93. The molecular weight excluding hydrogens is 279 g/mol. The Morgan fingerprint density at radius 3 is 2.91 bits per heavy atom. The van der Waals surface area contributed by atoms with Gasteiger partial charge in [-0.3, -0.25) is 4.79 Å². The van der Waals surface area contributed by atoms with Crippen LogP contribution in [0.2, 0.25) is 0 Å². The first-order valence-corrected chi connectivity index (χ1v) is 6.51. The molecule has 0 unspecified atom stereocenters. The van der Waals surface area contributed by atoms with E-state index in [1.165, 1.54) is 36.5 Å². The molecule has 2 aromatic rings. The van der Waals surface area contributed by atoms with Crippen LogP contribution in [0.4, 0.5) is 4.39 Å². The summed E-state index contributed by atoms with van der Waals surface area (Å²) < 4.78 is 59.0. The lowest BCUT2D eigenvalue weighted by Crippen LogP contribution is -2.39. The monoisotopic (exact) mass is 300 g/mol. The summed E-state index contributed by atoms with van der Waals surface area (Å²) >= 11 is 0. The lowest BCUT2D eigenvalue weighted by molar-refractivity contribution is 0.0916. The molecule has 0 bridgehead atoms. The second kappa shape index (κ2) is 6.40. The average Bonchev–Trinajstić information content (AvgIpc) is 2.64. The summed E-state index contributed by atoms with van der Waals surface area (Å²) in [5, 5.41) is 2.21. The second-order valence-corrected chi connectivity index (χ2v) is 4.51. The van der Waals surface area contributed by atoms with Crippen molar-refractivity contribution in [1.29, 1.82) is 0 Å². The number of carbonyl (C=O) groups is 1. The molecule has 1 heterocycles. The second-order valence-electron chi connectivity index (χ2n) is 4.51. The van der Waals surface area contributed by atoms with E-state index in [2.05, 4.69) is 22.1 Å². The summed E-state index contributed by atoms with van der Waals surface area (Å²) in [5.41, 5.74) is 0.842. The molecule has 1 aromatic carbocycles. The number of hydrogen-bond donors (Lipinski definition) is 1. The van der Waals surface area contributed by atoms with Gasteiger partial charge in [0.2, 0.25) is 0 Å². The van der Waals surface area contributed by atoms with Gasteiger partial charge in [-0.15, -0.1) is 0 Å². The maximum Gasteiger partial charge on any atom is 0.253 e. The first kappa shape index (κ1) is 8.70. The highest BCUT2D eigenvalue weighted by atomic mass is 19.1. The highest BCUT2D eigenvalue weighted by molar-refractivity contribution is 5.94. The van der Waals surface area contributed by atoms with Crippen LogP contribution in [-0.2, 0) is 0 Å². The van der Waals surface area contributed by atoms with Gasteiger partial charge in [0.25, 0.3) is 5.91 Å². The summed E-state index contributed by atoms with van der Waals surface area (Å²) in [6.07, 6.45) is -6.61. The number of nitrogens with one attached hydrogen (secondary N) is 1. The first-order chi connectivity index (χ1) is 13.0. The molecule has 4 heteroatoms. The molecule has 22 heavy (non-hydrogen) atoms. The van der Waals surface area contributed by atoms with Crippen LogP contribution in [0.15, 0.2) is 42.6 Å². The Balaban J connectivity index is 1.72. The van der Waals surface area contributed by atoms with E-state index in [-0.39, 0.29) is 5.56 Å². The number of nitrogens with zero attached hydrogens (tertiary/aromatic N) is 1. The fraction of sp³-hybridized carbons (Fsp3) is 0.222. The standard InChI is InChI=1S/C18H15FN2O/c19-15-4-1-3-13(11-15)7-9-16-10-8-14(12-20-16)18(22)21-17-5-2-6-17/h1,3-4,8,10-12,17H,2,5-6H2,(H,21,22)/i2D2,5D2,6D2. The minimum Gasteiger partial charge on any atom is -0.349 e. The molecular formula is C18H15FN2O. The van der Waals surface area contributed by atoms with Crippen LogP contribution in [0.25, 0.3) is 0 Å². The van der Waals surface area contributed by atoms with Gasteiger partial charge in [0.05, 0.1) is 5.56 Å². The Bertz CT molecular complexity index is 964. The minimum atomic E-state index is -2.72. The highest BCUT2D eigenvalue weighted by Gasteiger charge is 2.19. The van der Waals surface area contributed by atoms with Crippen molar-refractivity contribution in [2.24, 2.45) is 0 Å². The van der Waals surface area contributed by atoms with Crippen molar-refractivity contribution in [2.45, 2.75) is 25.2 Å². The molecule has 1 fully saturated rings. The van der Waals surface area contributed by atoms with Crippen LogP contribution in [0, 0.1) is 17.7 Å². The molecule has 0 radical (unpaired) electrons. The van der Waals surface area contributed by atoms with Gasteiger partial charge in [0.1, 0.15) is 11.5 Å². The van der Waals surface area contributed by atoms with E-state index in [4.69, 9.17) is 8.22 Å². The molecule has 0 spiro atoms. The van der Waals surface area contributed by atoms with Crippen LogP contribution in [-0.4, -0.2) is 16.9 Å². The van der Waals surface area contributed by atoms with E-state index in [0.29, 0.717) is 11.3 Å². The van der Waals surface area contributed by atoms with E-state index in [1.54, 1.807) is 6.07 Å². The van der Waals surface area contributed by atoms with Crippen LogP contribution in [0.5, 0.6) is 0 Å². The van der Waals surface area contributed by atoms with Gasteiger partial charge in [-0.2, -0.15) is 0 Å². The van der Waals surface area contributed by atoms with E-state index in [9.17, 15) is 9.18 Å². The molecule has 1 aromatic heterocycles. The van der Waals surface area contributed by atoms with Crippen LogP contribution < -0.4 is 5.32 Å². The first-order valence-electron chi connectivity index (χ1n) is 9.51. The quantitative estimate of drug-likeness (QED) is 0.867.